The van der Waals surface area contributed by atoms with Crippen molar-refractivity contribution in [2.45, 2.75) is 41.4 Å². The fourth-order valence-electron chi connectivity index (χ4n) is 2.29. The van der Waals surface area contributed by atoms with E-state index >= 15 is 0 Å². The fraction of sp³-hybridized carbons (Fsp3) is 0.538. The van der Waals surface area contributed by atoms with Crippen molar-refractivity contribution in [3.63, 3.8) is 0 Å². The smallest absolute Gasteiger partial charge is 0.0611 e. The zero-order valence-corrected chi connectivity index (χ0v) is 11.3. The minimum atomic E-state index is -0.373. The molecule has 0 spiro atoms. The minimum absolute atomic E-state index is 0.0880. The van der Waals surface area contributed by atoms with Crippen LogP contribution in [-0.2, 0) is 0 Å². The van der Waals surface area contributed by atoms with Gasteiger partial charge in [-0.25, -0.2) is 0 Å². The van der Waals surface area contributed by atoms with Crippen LogP contribution < -0.4 is 5.73 Å². The maximum absolute atomic E-state index is 9.32. The highest BCUT2D eigenvalue weighted by molar-refractivity contribution is 8.00. The first-order chi connectivity index (χ1) is 8.11. The van der Waals surface area contributed by atoms with Gasteiger partial charge in [-0.05, 0) is 43.5 Å². The zero-order chi connectivity index (χ0) is 12.3. The van der Waals surface area contributed by atoms with E-state index in [9.17, 15) is 5.11 Å². The number of aliphatic hydroxyl groups excluding tert-OH is 1. The molecule has 17 heavy (non-hydrogen) atoms. The lowest BCUT2D eigenvalue weighted by Gasteiger charge is -2.36. The van der Waals surface area contributed by atoms with Crippen molar-refractivity contribution in [3.05, 3.63) is 29.3 Å². The van der Waals surface area contributed by atoms with Gasteiger partial charge < -0.3 is 10.8 Å². The van der Waals surface area contributed by atoms with Gasteiger partial charge >= 0.3 is 0 Å². The minimum Gasteiger partial charge on any atom is -0.394 e. The molecule has 1 aromatic rings. The van der Waals surface area contributed by atoms with Gasteiger partial charge in [-0.1, -0.05) is 18.0 Å². The van der Waals surface area contributed by atoms with Crippen molar-refractivity contribution in [1.29, 1.82) is 0 Å². The Labute approximate surface area is 112 Å². The van der Waals surface area contributed by atoms with Crippen LogP contribution in [0, 0.1) is 0 Å². The largest absolute Gasteiger partial charge is 0.394 e. The molecule has 2 atom stereocenters. The van der Waals surface area contributed by atoms with Gasteiger partial charge in [-0.2, -0.15) is 0 Å². The maximum Gasteiger partial charge on any atom is 0.0611 e. The molecular weight excluding hydrogens is 254 g/mol. The van der Waals surface area contributed by atoms with Crippen LogP contribution in [0.25, 0.3) is 0 Å². The van der Waals surface area contributed by atoms with Crippen LogP contribution in [0.15, 0.2) is 29.2 Å². The van der Waals surface area contributed by atoms with Gasteiger partial charge in [0.1, 0.15) is 0 Å². The van der Waals surface area contributed by atoms with Crippen molar-refractivity contribution in [3.8, 4) is 0 Å². The highest BCUT2D eigenvalue weighted by Crippen LogP contribution is 2.37. The molecule has 1 aliphatic carbocycles. The molecular formula is C13H18ClNOS. The molecule has 0 bridgehead atoms. The van der Waals surface area contributed by atoms with Crippen LogP contribution >= 0.6 is 23.4 Å². The Bertz CT molecular complexity index is 370. The molecule has 0 radical (unpaired) electrons. The second kappa shape index (κ2) is 5.61. The first kappa shape index (κ1) is 13.2. The van der Waals surface area contributed by atoms with Gasteiger partial charge in [-0.15, -0.1) is 11.8 Å². The number of halogens is 1. The third-order valence-corrected chi connectivity index (χ3v) is 4.80. The number of rotatable bonds is 3. The van der Waals surface area contributed by atoms with Crippen molar-refractivity contribution in [2.24, 2.45) is 5.73 Å². The van der Waals surface area contributed by atoms with E-state index in [-0.39, 0.29) is 12.1 Å². The number of thioether (sulfide) groups is 1. The summed E-state index contributed by atoms with van der Waals surface area (Å²) < 4.78 is 0. The summed E-state index contributed by atoms with van der Waals surface area (Å²) in [7, 11) is 0. The molecule has 4 heteroatoms. The topological polar surface area (TPSA) is 46.2 Å². The van der Waals surface area contributed by atoms with E-state index in [2.05, 4.69) is 0 Å². The molecule has 1 aromatic carbocycles. The van der Waals surface area contributed by atoms with Crippen molar-refractivity contribution in [2.75, 3.05) is 6.61 Å². The Hall–Kier alpha value is -0.220. The summed E-state index contributed by atoms with van der Waals surface area (Å²) in [6.45, 7) is 0.0880. The van der Waals surface area contributed by atoms with Crippen molar-refractivity contribution in [1.82, 2.24) is 0 Å². The van der Waals surface area contributed by atoms with E-state index in [1.165, 1.54) is 11.3 Å². The molecule has 0 aromatic heterocycles. The van der Waals surface area contributed by atoms with Gasteiger partial charge in [0.05, 0.1) is 6.61 Å². The quantitative estimate of drug-likeness (QED) is 0.888. The molecule has 1 fully saturated rings. The predicted octanol–water partition coefficient (Wildman–Crippen LogP) is 3.06. The first-order valence-electron chi connectivity index (χ1n) is 5.93. The lowest BCUT2D eigenvalue weighted by atomic mass is 9.83. The molecule has 1 saturated carbocycles. The zero-order valence-electron chi connectivity index (χ0n) is 9.73. The third-order valence-electron chi connectivity index (χ3n) is 3.27. The molecule has 0 amide bonds. The van der Waals surface area contributed by atoms with Crippen molar-refractivity contribution < 1.29 is 5.11 Å². The summed E-state index contributed by atoms with van der Waals surface area (Å²) in [4.78, 5) is 1.22. The fourth-order valence-corrected chi connectivity index (χ4v) is 3.79. The lowest BCUT2D eigenvalue weighted by Crippen LogP contribution is -2.48. The number of hydrogen-bond donors (Lipinski definition) is 2. The Morgan fingerprint density at radius 3 is 2.76 bits per heavy atom. The van der Waals surface area contributed by atoms with Crippen LogP contribution in [0.3, 0.4) is 0 Å². The summed E-state index contributed by atoms with van der Waals surface area (Å²) in [6, 6.07) is 7.90. The normalized spacial score (nSPS) is 29.2. The first-order valence-corrected chi connectivity index (χ1v) is 7.19. The molecule has 2 unspecified atom stereocenters. The molecule has 2 nitrogen and oxygen atoms in total. The molecule has 1 aliphatic rings. The lowest BCUT2D eigenvalue weighted by molar-refractivity contribution is 0.159. The molecule has 0 heterocycles. The second-order valence-electron chi connectivity index (χ2n) is 4.81. The molecule has 94 valence electrons. The van der Waals surface area contributed by atoms with Gasteiger partial charge in [-0.3, -0.25) is 0 Å². The molecule has 0 aliphatic heterocycles. The van der Waals surface area contributed by atoms with Crippen LogP contribution in [0.2, 0.25) is 5.02 Å². The van der Waals surface area contributed by atoms with Crippen LogP contribution in [0.1, 0.15) is 25.7 Å². The summed E-state index contributed by atoms with van der Waals surface area (Å²) >= 11 is 7.70. The molecule has 3 N–H and O–H groups in total. The summed E-state index contributed by atoms with van der Waals surface area (Å²) in [5.41, 5.74) is 5.77. The molecule has 0 saturated heterocycles. The van der Waals surface area contributed by atoms with Gasteiger partial charge in [0.2, 0.25) is 0 Å². The number of benzene rings is 1. The van der Waals surface area contributed by atoms with Gasteiger partial charge in [0, 0.05) is 20.7 Å². The number of hydrogen-bond acceptors (Lipinski definition) is 3. The van der Waals surface area contributed by atoms with E-state index in [0.29, 0.717) is 5.25 Å². The highest BCUT2D eigenvalue weighted by atomic mass is 35.5. The summed E-state index contributed by atoms with van der Waals surface area (Å²) in [5, 5.41) is 10.6. The Kier molecular flexibility index (Phi) is 4.36. The highest BCUT2D eigenvalue weighted by Gasteiger charge is 2.32. The van der Waals surface area contributed by atoms with Crippen LogP contribution in [0.4, 0.5) is 0 Å². The number of nitrogens with two attached hydrogens (primary N) is 1. The molecule has 2 rings (SSSR count). The maximum atomic E-state index is 9.32. The average molecular weight is 272 g/mol. The van der Waals surface area contributed by atoms with Gasteiger partial charge in [0.15, 0.2) is 0 Å². The van der Waals surface area contributed by atoms with Gasteiger partial charge in [0.25, 0.3) is 0 Å². The van der Waals surface area contributed by atoms with E-state index in [4.69, 9.17) is 17.3 Å². The van der Waals surface area contributed by atoms with E-state index in [0.717, 1.165) is 24.3 Å². The Morgan fingerprint density at radius 1 is 1.41 bits per heavy atom. The van der Waals surface area contributed by atoms with Crippen LogP contribution in [0.5, 0.6) is 0 Å². The van der Waals surface area contributed by atoms with E-state index < -0.39 is 0 Å². The predicted molar refractivity (Wildman–Crippen MR) is 73.6 cm³/mol. The third kappa shape index (κ3) is 3.62. The van der Waals surface area contributed by atoms with Crippen LogP contribution in [-0.4, -0.2) is 22.5 Å². The standard InChI is InChI=1S/C13H18ClNOS/c14-10-3-5-11(6-4-10)17-12-2-1-7-13(15,8-12)9-16/h3-6,12,16H,1-2,7-9,15H2. The SMILES string of the molecule is NC1(CO)CCCC(Sc2ccc(Cl)cc2)C1. The second-order valence-corrected chi connectivity index (χ2v) is 6.62. The van der Waals surface area contributed by atoms with Crippen molar-refractivity contribution >= 4 is 23.4 Å². The number of aliphatic hydroxyl groups is 1. The van der Waals surface area contributed by atoms with E-state index in [1.54, 1.807) is 0 Å². The summed E-state index contributed by atoms with van der Waals surface area (Å²) in [6.07, 6.45) is 4.09. The Morgan fingerprint density at radius 2 is 2.12 bits per heavy atom. The Balaban J connectivity index is 1.97. The monoisotopic (exact) mass is 271 g/mol. The average Bonchev–Trinajstić information content (AvgIpc) is 2.32. The van der Waals surface area contributed by atoms with E-state index in [1.807, 2.05) is 36.0 Å². The summed E-state index contributed by atoms with van der Waals surface area (Å²) in [5.74, 6) is 0.